The van der Waals surface area contributed by atoms with Gasteiger partial charge < -0.3 is 4.90 Å². The van der Waals surface area contributed by atoms with E-state index in [2.05, 4.69) is 78.0 Å². The maximum Gasteiger partial charge on any atom is 0.0367 e. The van der Waals surface area contributed by atoms with Crippen LogP contribution in [-0.2, 0) is 0 Å². The zero-order chi connectivity index (χ0) is 10.1. The molecular formula is C12H12IN. The van der Waals surface area contributed by atoms with E-state index in [0.717, 1.165) is 0 Å². The minimum atomic E-state index is 1.25. The SMILES string of the molecule is CN(C)c1ccc2cccc(I)c2c1. The standard InChI is InChI=1S/C12H12IN/c1-14(2)10-7-6-9-4-3-5-12(13)11(9)8-10/h3-8H,1-2H3. The van der Waals surface area contributed by atoms with Crippen LogP contribution >= 0.6 is 22.6 Å². The molecule has 0 aliphatic rings. The van der Waals surface area contributed by atoms with Gasteiger partial charge in [-0.3, -0.25) is 0 Å². The normalized spacial score (nSPS) is 10.5. The lowest BCUT2D eigenvalue weighted by molar-refractivity contribution is 1.13. The largest absolute Gasteiger partial charge is 0.378 e. The Balaban J connectivity index is 2.70. The van der Waals surface area contributed by atoms with Crippen LogP contribution in [0.2, 0.25) is 0 Å². The van der Waals surface area contributed by atoms with Gasteiger partial charge in [0.05, 0.1) is 0 Å². The Morgan fingerprint density at radius 1 is 1.07 bits per heavy atom. The van der Waals surface area contributed by atoms with Gasteiger partial charge in [-0.15, -0.1) is 0 Å². The van der Waals surface area contributed by atoms with Crippen molar-refractivity contribution in [3.05, 3.63) is 40.0 Å². The molecule has 0 amide bonds. The summed E-state index contributed by atoms with van der Waals surface area (Å²) in [5.74, 6) is 0. The van der Waals surface area contributed by atoms with Crippen molar-refractivity contribution in [1.82, 2.24) is 0 Å². The second-order valence-corrected chi connectivity index (χ2v) is 4.70. The average Bonchev–Trinajstić information content (AvgIpc) is 2.18. The van der Waals surface area contributed by atoms with Gasteiger partial charge in [-0.2, -0.15) is 0 Å². The van der Waals surface area contributed by atoms with Gasteiger partial charge in [0.25, 0.3) is 0 Å². The minimum Gasteiger partial charge on any atom is -0.378 e. The first-order valence-corrected chi connectivity index (χ1v) is 5.62. The van der Waals surface area contributed by atoms with Gasteiger partial charge in [0.1, 0.15) is 0 Å². The molecule has 0 saturated carbocycles. The molecule has 0 spiro atoms. The number of rotatable bonds is 1. The van der Waals surface area contributed by atoms with E-state index >= 15 is 0 Å². The van der Waals surface area contributed by atoms with Crippen molar-refractivity contribution < 1.29 is 0 Å². The quantitative estimate of drug-likeness (QED) is 0.728. The molecule has 0 heterocycles. The Kier molecular flexibility index (Phi) is 2.63. The van der Waals surface area contributed by atoms with Crippen molar-refractivity contribution in [3.8, 4) is 0 Å². The van der Waals surface area contributed by atoms with Crippen molar-refractivity contribution in [2.45, 2.75) is 0 Å². The van der Waals surface area contributed by atoms with Crippen molar-refractivity contribution in [2.24, 2.45) is 0 Å². The summed E-state index contributed by atoms with van der Waals surface area (Å²) < 4.78 is 1.31. The lowest BCUT2D eigenvalue weighted by Crippen LogP contribution is -2.08. The Bertz CT molecular complexity index is 463. The zero-order valence-corrected chi connectivity index (χ0v) is 10.4. The zero-order valence-electron chi connectivity index (χ0n) is 8.29. The lowest BCUT2D eigenvalue weighted by Gasteiger charge is -2.13. The van der Waals surface area contributed by atoms with Crippen molar-refractivity contribution in [3.63, 3.8) is 0 Å². The highest BCUT2D eigenvalue weighted by Crippen LogP contribution is 2.24. The summed E-state index contributed by atoms with van der Waals surface area (Å²) in [6, 6.07) is 12.9. The first kappa shape index (κ1) is 9.77. The van der Waals surface area contributed by atoms with Crippen LogP contribution in [0.15, 0.2) is 36.4 Å². The summed E-state index contributed by atoms with van der Waals surface area (Å²) >= 11 is 2.38. The van der Waals surface area contributed by atoms with Crippen molar-refractivity contribution in [2.75, 3.05) is 19.0 Å². The van der Waals surface area contributed by atoms with Crippen LogP contribution in [0.3, 0.4) is 0 Å². The van der Waals surface area contributed by atoms with Gasteiger partial charge in [0.15, 0.2) is 0 Å². The number of benzene rings is 2. The van der Waals surface area contributed by atoms with Crippen LogP contribution < -0.4 is 4.90 Å². The molecule has 14 heavy (non-hydrogen) atoms. The molecule has 2 aromatic rings. The third kappa shape index (κ3) is 1.71. The van der Waals surface area contributed by atoms with E-state index in [1.54, 1.807) is 0 Å². The van der Waals surface area contributed by atoms with E-state index in [0.29, 0.717) is 0 Å². The smallest absolute Gasteiger partial charge is 0.0367 e. The van der Waals surface area contributed by atoms with E-state index in [9.17, 15) is 0 Å². The maximum atomic E-state index is 2.38. The maximum absolute atomic E-state index is 2.38. The second-order valence-electron chi connectivity index (χ2n) is 3.54. The van der Waals surface area contributed by atoms with Gasteiger partial charge in [-0.1, -0.05) is 18.2 Å². The minimum absolute atomic E-state index is 1.25. The van der Waals surface area contributed by atoms with E-state index in [4.69, 9.17) is 0 Å². The van der Waals surface area contributed by atoms with Crippen molar-refractivity contribution >= 4 is 39.1 Å². The molecule has 0 radical (unpaired) electrons. The highest BCUT2D eigenvalue weighted by atomic mass is 127. The lowest BCUT2D eigenvalue weighted by atomic mass is 10.1. The fraction of sp³-hybridized carbons (Fsp3) is 0.167. The van der Waals surface area contributed by atoms with Crippen LogP contribution in [0.4, 0.5) is 5.69 Å². The fourth-order valence-electron chi connectivity index (χ4n) is 1.50. The third-order valence-electron chi connectivity index (χ3n) is 2.33. The monoisotopic (exact) mass is 297 g/mol. The van der Waals surface area contributed by atoms with E-state index < -0.39 is 0 Å². The summed E-state index contributed by atoms with van der Waals surface area (Å²) in [6.45, 7) is 0. The highest BCUT2D eigenvalue weighted by Gasteiger charge is 2.00. The number of anilines is 1. The van der Waals surface area contributed by atoms with Gasteiger partial charge in [0, 0.05) is 23.4 Å². The molecule has 2 aromatic carbocycles. The Labute approximate surface area is 97.9 Å². The van der Waals surface area contributed by atoms with Gasteiger partial charge >= 0.3 is 0 Å². The van der Waals surface area contributed by atoms with Crippen LogP contribution in [0, 0.1) is 3.57 Å². The van der Waals surface area contributed by atoms with Crippen LogP contribution in [-0.4, -0.2) is 14.1 Å². The van der Waals surface area contributed by atoms with E-state index in [1.165, 1.54) is 20.0 Å². The molecule has 2 rings (SSSR count). The molecule has 0 aromatic heterocycles. The Morgan fingerprint density at radius 2 is 1.86 bits per heavy atom. The number of fused-ring (bicyclic) bond motifs is 1. The van der Waals surface area contributed by atoms with Crippen LogP contribution in [0.5, 0.6) is 0 Å². The van der Waals surface area contributed by atoms with Crippen LogP contribution in [0.1, 0.15) is 0 Å². The topological polar surface area (TPSA) is 3.24 Å². The molecule has 72 valence electrons. The van der Waals surface area contributed by atoms with Crippen LogP contribution in [0.25, 0.3) is 10.8 Å². The Morgan fingerprint density at radius 3 is 2.57 bits per heavy atom. The molecular weight excluding hydrogens is 285 g/mol. The highest BCUT2D eigenvalue weighted by molar-refractivity contribution is 14.1. The number of nitrogens with zero attached hydrogens (tertiary/aromatic N) is 1. The van der Waals surface area contributed by atoms with E-state index in [-0.39, 0.29) is 0 Å². The first-order valence-electron chi connectivity index (χ1n) is 4.54. The molecule has 0 saturated heterocycles. The summed E-state index contributed by atoms with van der Waals surface area (Å²) in [6.07, 6.45) is 0. The molecule has 2 heteroatoms. The van der Waals surface area contributed by atoms with Gasteiger partial charge in [-0.05, 0) is 51.6 Å². The molecule has 1 nitrogen and oxygen atoms in total. The summed E-state index contributed by atoms with van der Waals surface area (Å²) in [5.41, 5.74) is 1.25. The fourth-order valence-corrected chi connectivity index (χ4v) is 2.18. The summed E-state index contributed by atoms with van der Waals surface area (Å²) in [7, 11) is 4.13. The molecule has 0 N–H and O–H groups in total. The summed E-state index contributed by atoms with van der Waals surface area (Å²) in [4.78, 5) is 2.13. The third-order valence-corrected chi connectivity index (χ3v) is 3.27. The predicted molar refractivity (Wildman–Crippen MR) is 71.0 cm³/mol. The summed E-state index contributed by atoms with van der Waals surface area (Å²) in [5, 5.41) is 2.64. The predicted octanol–water partition coefficient (Wildman–Crippen LogP) is 3.51. The first-order chi connectivity index (χ1) is 6.68. The Hall–Kier alpha value is -0.770. The molecule has 0 unspecified atom stereocenters. The average molecular weight is 297 g/mol. The molecule has 0 aliphatic carbocycles. The molecule has 0 fully saturated rings. The molecule has 0 bridgehead atoms. The molecule has 0 atom stereocenters. The van der Waals surface area contributed by atoms with E-state index in [1.807, 2.05) is 0 Å². The molecule has 0 aliphatic heterocycles. The number of hydrogen-bond acceptors (Lipinski definition) is 1. The van der Waals surface area contributed by atoms with Crippen molar-refractivity contribution in [1.29, 1.82) is 0 Å². The van der Waals surface area contributed by atoms with Gasteiger partial charge in [0.2, 0.25) is 0 Å². The number of hydrogen-bond donors (Lipinski definition) is 0. The number of halogens is 1. The van der Waals surface area contributed by atoms with Gasteiger partial charge in [-0.25, -0.2) is 0 Å². The second kappa shape index (κ2) is 3.77.